The van der Waals surface area contributed by atoms with Gasteiger partial charge in [0, 0.05) is 31.5 Å². The summed E-state index contributed by atoms with van der Waals surface area (Å²) in [6.45, 7) is 2.70. The molecule has 0 radical (unpaired) electrons. The predicted octanol–water partition coefficient (Wildman–Crippen LogP) is 1.79. The normalized spacial score (nSPS) is 23.6. The van der Waals surface area contributed by atoms with Crippen LogP contribution < -0.4 is 10.2 Å². The van der Waals surface area contributed by atoms with Gasteiger partial charge in [-0.15, -0.1) is 0 Å². The van der Waals surface area contributed by atoms with Crippen LogP contribution in [0.25, 0.3) is 0 Å². The molecular formula is C18H22N2O3. The fraction of sp³-hybridized carbons (Fsp3) is 0.444. The van der Waals surface area contributed by atoms with Crippen molar-refractivity contribution in [1.29, 1.82) is 0 Å². The van der Waals surface area contributed by atoms with Crippen molar-refractivity contribution < 1.29 is 14.7 Å². The van der Waals surface area contributed by atoms with E-state index in [9.17, 15) is 14.7 Å². The third-order valence-electron chi connectivity index (χ3n) is 4.48. The first kappa shape index (κ1) is 15.7. The Balaban J connectivity index is 1.81. The summed E-state index contributed by atoms with van der Waals surface area (Å²) in [4.78, 5) is 26.4. The van der Waals surface area contributed by atoms with Crippen LogP contribution in [0.15, 0.2) is 30.4 Å². The summed E-state index contributed by atoms with van der Waals surface area (Å²) in [5, 5.41) is 12.2. The van der Waals surface area contributed by atoms with Crippen LogP contribution in [0.5, 0.6) is 0 Å². The van der Waals surface area contributed by atoms with Crippen molar-refractivity contribution in [3.05, 3.63) is 41.5 Å². The summed E-state index contributed by atoms with van der Waals surface area (Å²) >= 11 is 0. The minimum absolute atomic E-state index is 0.0673. The van der Waals surface area contributed by atoms with Gasteiger partial charge in [-0.1, -0.05) is 23.8 Å². The average molecular weight is 314 g/mol. The molecule has 0 unspecified atom stereocenters. The molecule has 2 N–H and O–H groups in total. The van der Waals surface area contributed by atoms with E-state index < -0.39 is 0 Å². The highest BCUT2D eigenvalue weighted by atomic mass is 16.3. The van der Waals surface area contributed by atoms with Gasteiger partial charge in [-0.3, -0.25) is 9.59 Å². The third-order valence-corrected chi connectivity index (χ3v) is 4.48. The van der Waals surface area contributed by atoms with E-state index in [0.29, 0.717) is 30.6 Å². The van der Waals surface area contributed by atoms with E-state index in [-0.39, 0.29) is 30.4 Å². The van der Waals surface area contributed by atoms with E-state index in [2.05, 4.69) is 5.32 Å². The molecule has 2 amide bonds. The molecule has 2 aliphatic rings. The number of anilines is 1. The maximum absolute atomic E-state index is 12.7. The maximum atomic E-state index is 12.7. The molecule has 3 rings (SSSR count). The number of hydrogen-bond acceptors (Lipinski definition) is 3. The molecule has 1 aromatic carbocycles. The molecule has 1 fully saturated rings. The molecular weight excluding hydrogens is 292 g/mol. The summed E-state index contributed by atoms with van der Waals surface area (Å²) in [7, 11) is 0. The van der Waals surface area contributed by atoms with Gasteiger partial charge in [0.2, 0.25) is 5.91 Å². The van der Waals surface area contributed by atoms with Gasteiger partial charge < -0.3 is 15.3 Å². The van der Waals surface area contributed by atoms with Crippen LogP contribution in [0.4, 0.5) is 5.69 Å². The second-order valence-electron chi connectivity index (χ2n) is 6.31. The molecule has 122 valence electrons. The lowest BCUT2D eigenvalue weighted by atomic mass is 10.1. The van der Waals surface area contributed by atoms with E-state index in [1.807, 2.05) is 37.3 Å². The molecule has 1 aromatic rings. The lowest BCUT2D eigenvalue weighted by Gasteiger charge is -2.21. The van der Waals surface area contributed by atoms with Crippen LogP contribution in [0.1, 0.15) is 35.2 Å². The summed E-state index contributed by atoms with van der Waals surface area (Å²) in [5.41, 5.74) is 2.22. The number of aliphatic hydroxyl groups is 1. The van der Waals surface area contributed by atoms with E-state index in [1.54, 1.807) is 4.90 Å². The average Bonchev–Trinajstić information content (AvgIpc) is 3.16. The molecule has 1 heterocycles. The molecule has 2 atom stereocenters. The van der Waals surface area contributed by atoms with Crippen molar-refractivity contribution in [2.75, 3.05) is 18.1 Å². The molecule has 5 heteroatoms. The molecule has 23 heavy (non-hydrogen) atoms. The standard InChI is InChI=1S/C18H22N2O3/c1-12-4-7-16(20-8-2-3-17(20)22)15(9-12)18(23)19-14-6-5-13(10-14)11-21/h4-7,9,13-14,21H,2-3,8,10-11H2,1H3,(H,19,23)/t13-,14+/m0/s1. The number of rotatable bonds is 4. The summed E-state index contributed by atoms with van der Waals surface area (Å²) in [6.07, 6.45) is 5.95. The number of benzene rings is 1. The topological polar surface area (TPSA) is 69.6 Å². The molecule has 5 nitrogen and oxygen atoms in total. The number of aryl methyl sites for hydroxylation is 1. The lowest BCUT2D eigenvalue weighted by molar-refractivity contribution is -0.117. The van der Waals surface area contributed by atoms with Crippen LogP contribution in [0.2, 0.25) is 0 Å². The van der Waals surface area contributed by atoms with Gasteiger partial charge in [0.15, 0.2) is 0 Å². The Morgan fingerprint density at radius 2 is 2.22 bits per heavy atom. The van der Waals surface area contributed by atoms with Crippen molar-refractivity contribution >= 4 is 17.5 Å². The summed E-state index contributed by atoms with van der Waals surface area (Å²) in [5.74, 6) is 0.0121. The number of nitrogens with one attached hydrogen (secondary N) is 1. The van der Waals surface area contributed by atoms with Gasteiger partial charge in [-0.05, 0) is 31.9 Å². The van der Waals surface area contributed by atoms with Crippen LogP contribution in [-0.4, -0.2) is 36.1 Å². The Kier molecular flexibility index (Phi) is 4.48. The Morgan fingerprint density at radius 3 is 2.87 bits per heavy atom. The maximum Gasteiger partial charge on any atom is 0.253 e. The minimum Gasteiger partial charge on any atom is -0.396 e. The fourth-order valence-corrected chi connectivity index (χ4v) is 3.23. The second-order valence-corrected chi connectivity index (χ2v) is 6.31. The van der Waals surface area contributed by atoms with Crippen molar-refractivity contribution in [3.63, 3.8) is 0 Å². The largest absolute Gasteiger partial charge is 0.396 e. The highest BCUT2D eigenvalue weighted by molar-refractivity contribution is 6.05. The Hall–Kier alpha value is -2.14. The molecule has 1 saturated heterocycles. The van der Waals surface area contributed by atoms with Crippen LogP contribution in [-0.2, 0) is 4.79 Å². The van der Waals surface area contributed by atoms with Crippen molar-refractivity contribution in [3.8, 4) is 0 Å². The number of amides is 2. The summed E-state index contributed by atoms with van der Waals surface area (Å²) < 4.78 is 0. The van der Waals surface area contributed by atoms with E-state index >= 15 is 0 Å². The lowest BCUT2D eigenvalue weighted by Crippen LogP contribution is -2.35. The minimum atomic E-state index is -0.170. The molecule has 1 aliphatic heterocycles. The summed E-state index contributed by atoms with van der Waals surface area (Å²) in [6, 6.07) is 5.55. The molecule has 0 saturated carbocycles. The molecule has 0 aromatic heterocycles. The first-order chi connectivity index (χ1) is 11.1. The van der Waals surface area contributed by atoms with Gasteiger partial charge in [0.25, 0.3) is 5.91 Å². The van der Waals surface area contributed by atoms with Crippen LogP contribution >= 0.6 is 0 Å². The quantitative estimate of drug-likeness (QED) is 0.833. The zero-order valence-corrected chi connectivity index (χ0v) is 13.3. The van der Waals surface area contributed by atoms with Crippen molar-refractivity contribution in [2.24, 2.45) is 5.92 Å². The monoisotopic (exact) mass is 314 g/mol. The highest BCUT2D eigenvalue weighted by Crippen LogP contribution is 2.27. The SMILES string of the molecule is Cc1ccc(N2CCCC2=O)c(C(=O)N[C@@H]2C=C[C@H](CO)C2)c1. The van der Waals surface area contributed by atoms with Gasteiger partial charge in [-0.25, -0.2) is 0 Å². The highest BCUT2D eigenvalue weighted by Gasteiger charge is 2.27. The van der Waals surface area contributed by atoms with E-state index in [0.717, 1.165) is 12.0 Å². The van der Waals surface area contributed by atoms with Gasteiger partial charge in [-0.2, -0.15) is 0 Å². The molecule has 0 spiro atoms. The van der Waals surface area contributed by atoms with E-state index in [4.69, 9.17) is 0 Å². The Morgan fingerprint density at radius 1 is 1.39 bits per heavy atom. The van der Waals surface area contributed by atoms with E-state index in [1.165, 1.54) is 0 Å². The molecule has 1 aliphatic carbocycles. The number of carbonyl (C=O) groups is 2. The fourth-order valence-electron chi connectivity index (χ4n) is 3.23. The van der Waals surface area contributed by atoms with Crippen molar-refractivity contribution in [1.82, 2.24) is 5.32 Å². The third kappa shape index (κ3) is 3.29. The van der Waals surface area contributed by atoms with Crippen LogP contribution in [0, 0.1) is 12.8 Å². The van der Waals surface area contributed by atoms with Gasteiger partial charge >= 0.3 is 0 Å². The second kappa shape index (κ2) is 6.54. The smallest absolute Gasteiger partial charge is 0.253 e. The van der Waals surface area contributed by atoms with Gasteiger partial charge in [0.05, 0.1) is 11.3 Å². The number of nitrogens with zero attached hydrogens (tertiary/aromatic N) is 1. The van der Waals surface area contributed by atoms with Gasteiger partial charge in [0.1, 0.15) is 0 Å². The van der Waals surface area contributed by atoms with Crippen molar-refractivity contribution in [2.45, 2.75) is 32.2 Å². The van der Waals surface area contributed by atoms with Crippen LogP contribution in [0.3, 0.4) is 0 Å². The zero-order chi connectivity index (χ0) is 16.4. The molecule has 0 bridgehead atoms. The number of hydrogen-bond donors (Lipinski definition) is 2. The number of carbonyl (C=O) groups excluding carboxylic acids is 2. The Bertz CT molecular complexity index is 654. The first-order valence-corrected chi connectivity index (χ1v) is 8.09. The first-order valence-electron chi connectivity index (χ1n) is 8.09. The number of aliphatic hydroxyl groups excluding tert-OH is 1. The Labute approximate surface area is 136 Å². The predicted molar refractivity (Wildman–Crippen MR) is 88.4 cm³/mol. The zero-order valence-electron chi connectivity index (χ0n) is 13.3.